The third-order valence-corrected chi connectivity index (χ3v) is 3.85. The number of hydrogen-bond acceptors (Lipinski definition) is 1. The molecule has 0 aliphatic heterocycles. The topological polar surface area (TPSA) is 29.1 Å². The number of aryl methyl sites for hydroxylation is 1. The Morgan fingerprint density at radius 2 is 1.94 bits per heavy atom. The zero-order chi connectivity index (χ0) is 12.3. The Balaban J connectivity index is 2.85. The molecule has 1 rings (SSSR count). The lowest BCUT2D eigenvalue weighted by Crippen LogP contribution is -2.36. The summed E-state index contributed by atoms with van der Waals surface area (Å²) in [7, 11) is 0. The molecule has 3 heteroatoms. The molecule has 0 aromatic heterocycles. The van der Waals surface area contributed by atoms with Gasteiger partial charge in [0.1, 0.15) is 0 Å². The van der Waals surface area contributed by atoms with E-state index in [1.54, 1.807) is 0 Å². The average Bonchev–Trinajstić information content (AvgIpc) is 2.21. The fourth-order valence-electron chi connectivity index (χ4n) is 1.27. The van der Waals surface area contributed by atoms with Gasteiger partial charge in [0.2, 0.25) is 0 Å². The van der Waals surface area contributed by atoms with Crippen molar-refractivity contribution in [3.63, 3.8) is 0 Å². The fraction of sp³-hybridized carbons (Fsp3) is 0.462. The minimum Gasteiger partial charge on any atom is -0.349 e. The maximum absolute atomic E-state index is 12.0. The SMILES string of the molecule is Cc1cccc(C(=O)NC(C)C(C)C)c1Br. The van der Waals surface area contributed by atoms with Crippen LogP contribution in [0.1, 0.15) is 36.7 Å². The molecule has 0 spiro atoms. The van der Waals surface area contributed by atoms with Crippen LogP contribution in [0.2, 0.25) is 0 Å². The molecular formula is C13H18BrNO. The molecule has 0 bridgehead atoms. The van der Waals surface area contributed by atoms with Crippen molar-refractivity contribution in [3.05, 3.63) is 33.8 Å². The number of carbonyl (C=O) groups excluding carboxylic acids is 1. The van der Waals surface area contributed by atoms with Crippen molar-refractivity contribution >= 4 is 21.8 Å². The Hall–Kier alpha value is -0.830. The molecule has 2 nitrogen and oxygen atoms in total. The Labute approximate surface area is 106 Å². The van der Waals surface area contributed by atoms with E-state index in [9.17, 15) is 4.79 Å². The second-order valence-corrected chi connectivity index (χ2v) is 5.24. The predicted molar refractivity (Wildman–Crippen MR) is 70.6 cm³/mol. The Morgan fingerprint density at radius 3 is 2.50 bits per heavy atom. The summed E-state index contributed by atoms with van der Waals surface area (Å²) in [5.41, 5.74) is 1.78. The summed E-state index contributed by atoms with van der Waals surface area (Å²) in [6.45, 7) is 8.19. The summed E-state index contributed by atoms with van der Waals surface area (Å²) in [5, 5.41) is 2.99. The number of nitrogens with one attached hydrogen (secondary N) is 1. The minimum absolute atomic E-state index is 0.0169. The predicted octanol–water partition coefficient (Wildman–Crippen LogP) is 3.53. The molecule has 0 saturated carbocycles. The largest absolute Gasteiger partial charge is 0.349 e. The molecule has 88 valence electrons. The standard InChI is InChI=1S/C13H18BrNO/c1-8(2)10(4)15-13(16)11-7-5-6-9(3)12(11)14/h5-8,10H,1-4H3,(H,15,16). The lowest BCUT2D eigenvalue weighted by molar-refractivity contribution is 0.0929. The van der Waals surface area contributed by atoms with Gasteiger partial charge in [-0.1, -0.05) is 26.0 Å². The minimum atomic E-state index is -0.0169. The van der Waals surface area contributed by atoms with Gasteiger partial charge in [-0.15, -0.1) is 0 Å². The maximum Gasteiger partial charge on any atom is 0.252 e. The first-order chi connectivity index (χ1) is 7.43. The second-order valence-electron chi connectivity index (χ2n) is 4.44. The summed E-state index contributed by atoms with van der Waals surface area (Å²) in [6, 6.07) is 5.89. The summed E-state index contributed by atoms with van der Waals surface area (Å²) in [4.78, 5) is 12.0. The molecule has 1 unspecified atom stereocenters. The van der Waals surface area contributed by atoms with E-state index in [4.69, 9.17) is 0 Å². The molecule has 0 radical (unpaired) electrons. The van der Waals surface area contributed by atoms with E-state index in [2.05, 4.69) is 35.1 Å². The lowest BCUT2D eigenvalue weighted by atomic mass is 10.1. The van der Waals surface area contributed by atoms with Gasteiger partial charge in [-0.05, 0) is 47.3 Å². The number of amides is 1. The molecule has 1 aromatic rings. The van der Waals surface area contributed by atoms with Crippen molar-refractivity contribution < 1.29 is 4.79 Å². The van der Waals surface area contributed by atoms with Crippen LogP contribution in [0.5, 0.6) is 0 Å². The highest BCUT2D eigenvalue weighted by Crippen LogP contribution is 2.21. The summed E-state index contributed by atoms with van der Waals surface area (Å²) in [5.74, 6) is 0.421. The molecule has 1 N–H and O–H groups in total. The molecule has 1 atom stereocenters. The van der Waals surface area contributed by atoms with Crippen molar-refractivity contribution in [2.45, 2.75) is 33.7 Å². The first kappa shape index (κ1) is 13.2. The van der Waals surface area contributed by atoms with Crippen molar-refractivity contribution in [2.75, 3.05) is 0 Å². The van der Waals surface area contributed by atoms with Gasteiger partial charge < -0.3 is 5.32 Å². The van der Waals surface area contributed by atoms with Gasteiger partial charge in [-0.3, -0.25) is 4.79 Å². The average molecular weight is 284 g/mol. The number of benzene rings is 1. The van der Waals surface area contributed by atoms with Crippen molar-refractivity contribution in [3.8, 4) is 0 Å². The highest BCUT2D eigenvalue weighted by Gasteiger charge is 2.15. The van der Waals surface area contributed by atoms with E-state index in [1.165, 1.54) is 0 Å². The van der Waals surface area contributed by atoms with Gasteiger partial charge in [0.05, 0.1) is 5.56 Å². The van der Waals surface area contributed by atoms with Crippen molar-refractivity contribution in [2.24, 2.45) is 5.92 Å². The van der Waals surface area contributed by atoms with Gasteiger partial charge in [0, 0.05) is 10.5 Å². The smallest absolute Gasteiger partial charge is 0.252 e. The molecule has 1 amide bonds. The third-order valence-electron chi connectivity index (χ3n) is 2.80. The zero-order valence-corrected chi connectivity index (χ0v) is 11.8. The van der Waals surface area contributed by atoms with Crippen molar-refractivity contribution in [1.82, 2.24) is 5.32 Å². The van der Waals surface area contributed by atoms with Crippen LogP contribution < -0.4 is 5.32 Å². The van der Waals surface area contributed by atoms with Crippen LogP contribution in [0.15, 0.2) is 22.7 Å². The first-order valence-corrected chi connectivity index (χ1v) is 6.28. The van der Waals surface area contributed by atoms with Gasteiger partial charge in [0.15, 0.2) is 0 Å². The van der Waals surface area contributed by atoms with E-state index in [0.717, 1.165) is 10.0 Å². The maximum atomic E-state index is 12.0. The van der Waals surface area contributed by atoms with E-state index in [1.807, 2.05) is 32.0 Å². The molecule has 0 saturated heterocycles. The first-order valence-electron chi connectivity index (χ1n) is 5.49. The number of halogens is 1. The quantitative estimate of drug-likeness (QED) is 0.903. The number of hydrogen-bond donors (Lipinski definition) is 1. The molecule has 0 aliphatic rings. The molecule has 0 fully saturated rings. The highest BCUT2D eigenvalue weighted by atomic mass is 79.9. The number of rotatable bonds is 3. The zero-order valence-electron chi connectivity index (χ0n) is 10.2. The normalized spacial score (nSPS) is 12.6. The van der Waals surface area contributed by atoms with Gasteiger partial charge in [-0.25, -0.2) is 0 Å². The van der Waals surface area contributed by atoms with Crippen molar-refractivity contribution in [1.29, 1.82) is 0 Å². The number of carbonyl (C=O) groups is 1. The van der Waals surface area contributed by atoms with Gasteiger partial charge in [0.25, 0.3) is 5.91 Å². The van der Waals surface area contributed by atoms with Crippen LogP contribution in [0, 0.1) is 12.8 Å². The van der Waals surface area contributed by atoms with Gasteiger partial charge in [-0.2, -0.15) is 0 Å². The van der Waals surface area contributed by atoms with Gasteiger partial charge >= 0.3 is 0 Å². The van der Waals surface area contributed by atoms with Crippen LogP contribution in [-0.2, 0) is 0 Å². The fourth-order valence-corrected chi connectivity index (χ4v) is 1.72. The Morgan fingerprint density at radius 1 is 1.31 bits per heavy atom. The monoisotopic (exact) mass is 283 g/mol. The summed E-state index contributed by atoms with van der Waals surface area (Å²) in [6.07, 6.45) is 0. The van der Waals surface area contributed by atoms with Crippen LogP contribution in [0.3, 0.4) is 0 Å². The Kier molecular flexibility index (Phi) is 4.54. The van der Waals surface area contributed by atoms with E-state index < -0.39 is 0 Å². The molecule has 0 aliphatic carbocycles. The van der Waals surface area contributed by atoms with E-state index in [0.29, 0.717) is 11.5 Å². The summed E-state index contributed by atoms with van der Waals surface area (Å²) >= 11 is 3.45. The lowest BCUT2D eigenvalue weighted by Gasteiger charge is -2.18. The summed E-state index contributed by atoms with van der Waals surface area (Å²) < 4.78 is 0.878. The van der Waals surface area contributed by atoms with E-state index >= 15 is 0 Å². The molecule has 0 heterocycles. The molecule has 16 heavy (non-hydrogen) atoms. The molecular weight excluding hydrogens is 266 g/mol. The van der Waals surface area contributed by atoms with Crippen LogP contribution >= 0.6 is 15.9 Å². The second kappa shape index (κ2) is 5.48. The Bertz CT molecular complexity index is 388. The van der Waals surface area contributed by atoms with E-state index in [-0.39, 0.29) is 11.9 Å². The van der Waals surface area contributed by atoms with Crippen LogP contribution in [-0.4, -0.2) is 11.9 Å². The third kappa shape index (κ3) is 3.08. The van der Waals surface area contributed by atoms with Crippen LogP contribution in [0.4, 0.5) is 0 Å². The molecule has 1 aromatic carbocycles. The van der Waals surface area contributed by atoms with Crippen LogP contribution in [0.25, 0.3) is 0 Å². The highest BCUT2D eigenvalue weighted by molar-refractivity contribution is 9.10.